The van der Waals surface area contributed by atoms with Crippen LogP contribution in [0, 0.1) is 0 Å². The zero-order valence-electron chi connectivity index (χ0n) is 16.6. The topological polar surface area (TPSA) is 112 Å². The van der Waals surface area contributed by atoms with Crippen LogP contribution in [0.3, 0.4) is 0 Å². The first-order valence-corrected chi connectivity index (χ1v) is 8.83. The average Bonchev–Trinajstić information content (AvgIpc) is 3.16. The molecule has 0 unspecified atom stereocenters. The minimum Gasteiger partial charge on any atom is -0.493 e. The summed E-state index contributed by atoms with van der Waals surface area (Å²) < 4.78 is 14.5. The van der Waals surface area contributed by atoms with E-state index in [0.717, 1.165) is 4.57 Å². The van der Waals surface area contributed by atoms with Crippen LogP contribution < -0.4 is 25.3 Å². The van der Waals surface area contributed by atoms with Crippen molar-refractivity contribution in [2.75, 3.05) is 14.2 Å². The monoisotopic (exact) mass is 400 g/mol. The van der Waals surface area contributed by atoms with Crippen LogP contribution in [-0.4, -0.2) is 40.5 Å². The van der Waals surface area contributed by atoms with Gasteiger partial charge in [-0.2, -0.15) is 0 Å². The molecule has 0 spiro atoms. The smallest absolute Gasteiger partial charge is 0.333 e. The van der Waals surface area contributed by atoms with Crippen LogP contribution in [-0.2, 0) is 25.4 Å². The fourth-order valence-electron chi connectivity index (χ4n) is 3.07. The van der Waals surface area contributed by atoms with Crippen LogP contribution >= 0.6 is 0 Å². The summed E-state index contributed by atoms with van der Waals surface area (Å²) in [7, 11) is 6.03. The van der Waals surface area contributed by atoms with Gasteiger partial charge in [-0.3, -0.25) is 18.7 Å². The third-order valence-electron chi connectivity index (χ3n) is 4.63. The van der Waals surface area contributed by atoms with Gasteiger partial charge in [0.15, 0.2) is 11.5 Å². The Hall–Kier alpha value is -3.69. The van der Waals surface area contributed by atoms with Gasteiger partial charge in [-0.05, 0) is 12.1 Å². The van der Waals surface area contributed by atoms with E-state index in [1.54, 1.807) is 36.1 Å². The van der Waals surface area contributed by atoms with E-state index in [1.807, 2.05) is 0 Å². The third kappa shape index (κ3) is 3.68. The van der Waals surface area contributed by atoms with Crippen LogP contribution in [0.15, 0.2) is 39.1 Å². The van der Waals surface area contributed by atoms with Crippen molar-refractivity contribution in [2.45, 2.75) is 13.0 Å². The number of nitrogens with zero attached hydrogens (tertiary/aromatic N) is 4. The van der Waals surface area contributed by atoms with Gasteiger partial charge in [0.2, 0.25) is 12.2 Å². The Morgan fingerprint density at radius 2 is 1.97 bits per heavy atom. The number of methoxy groups -OCH3 is 2. The number of amides is 1. The van der Waals surface area contributed by atoms with Crippen molar-refractivity contribution in [3.8, 4) is 11.5 Å². The number of aryl methyl sites for hydroxylation is 2. The predicted octanol–water partition coefficient (Wildman–Crippen LogP) is -0.0942. The van der Waals surface area contributed by atoms with Crippen molar-refractivity contribution >= 4 is 23.3 Å². The first-order chi connectivity index (χ1) is 13.9. The summed E-state index contributed by atoms with van der Waals surface area (Å²) in [6.45, 7) is 0.235. The minimum atomic E-state index is -0.429. The zero-order valence-corrected chi connectivity index (χ0v) is 16.6. The van der Waals surface area contributed by atoms with Gasteiger partial charge in [0.25, 0.3) is 11.2 Å². The molecule has 10 nitrogen and oxygen atoms in total. The highest BCUT2D eigenvalue weighted by molar-refractivity contribution is 5.94. The Balaban J connectivity index is 1.80. The molecular weight excluding hydrogens is 378 g/mol. The highest BCUT2D eigenvalue weighted by Gasteiger charge is 2.20. The summed E-state index contributed by atoms with van der Waals surface area (Å²) in [4.78, 5) is 43.6. The van der Waals surface area contributed by atoms with Crippen molar-refractivity contribution in [3.63, 3.8) is 0 Å². The predicted molar refractivity (Wildman–Crippen MR) is 106 cm³/mol. The molecule has 29 heavy (non-hydrogen) atoms. The lowest BCUT2D eigenvalue weighted by molar-refractivity contribution is -0.670. The van der Waals surface area contributed by atoms with Crippen molar-refractivity contribution in [2.24, 2.45) is 19.1 Å². The summed E-state index contributed by atoms with van der Waals surface area (Å²) in [5.74, 6) is 0.667. The van der Waals surface area contributed by atoms with Gasteiger partial charge in [0.05, 0.1) is 27.2 Å². The average molecular weight is 400 g/mol. The molecule has 0 fully saturated rings. The standard InChI is InChI=1S/C19H21N5O5/c1-22-17-15(18(26)23(2)19(22)27)24(11-21-17)9-8-14(25)20-10-12-6-5-7-13(28-3)16(12)29-4/h5-7,10-11H,8-9H2,1-4H3/p+1. The number of aromatic amines is 1. The Bertz CT molecular complexity index is 1220. The molecule has 1 amide bonds. The highest BCUT2D eigenvalue weighted by atomic mass is 16.5. The van der Waals surface area contributed by atoms with E-state index in [9.17, 15) is 14.4 Å². The molecule has 0 saturated carbocycles. The number of ether oxygens (including phenoxy) is 2. The molecule has 0 radical (unpaired) electrons. The summed E-state index contributed by atoms with van der Waals surface area (Å²) in [6.07, 6.45) is 3.06. The maximum Gasteiger partial charge on any atom is 0.333 e. The molecule has 152 valence electrons. The van der Waals surface area contributed by atoms with Crippen LogP contribution in [0.1, 0.15) is 12.0 Å². The first kappa shape index (κ1) is 20.1. The van der Waals surface area contributed by atoms with Gasteiger partial charge in [-0.25, -0.2) is 19.3 Å². The molecule has 0 atom stereocenters. The lowest BCUT2D eigenvalue weighted by atomic mass is 10.2. The Kier molecular flexibility index (Phi) is 5.62. The molecule has 0 aliphatic heterocycles. The van der Waals surface area contributed by atoms with Gasteiger partial charge in [-0.1, -0.05) is 6.07 Å². The van der Waals surface area contributed by atoms with Gasteiger partial charge >= 0.3 is 11.2 Å². The largest absolute Gasteiger partial charge is 0.493 e. The van der Waals surface area contributed by atoms with Gasteiger partial charge in [0.1, 0.15) is 0 Å². The van der Waals surface area contributed by atoms with Crippen molar-refractivity contribution in [1.82, 2.24) is 14.1 Å². The number of fused-ring (bicyclic) bond motifs is 1. The normalized spacial score (nSPS) is 11.3. The lowest BCUT2D eigenvalue weighted by Gasteiger charge is -2.09. The van der Waals surface area contributed by atoms with Gasteiger partial charge < -0.3 is 9.47 Å². The quantitative estimate of drug-likeness (QED) is 0.459. The number of hydrogen-bond donors (Lipinski definition) is 1. The van der Waals surface area contributed by atoms with E-state index >= 15 is 0 Å². The van der Waals surface area contributed by atoms with E-state index < -0.39 is 11.2 Å². The summed E-state index contributed by atoms with van der Waals surface area (Å²) >= 11 is 0. The van der Waals surface area contributed by atoms with Gasteiger partial charge in [-0.15, -0.1) is 0 Å². The lowest BCUT2D eigenvalue weighted by Crippen LogP contribution is -2.43. The number of carbonyl (C=O) groups is 1. The molecule has 1 aromatic carbocycles. The molecule has 0 saturated heterocycles. The summed E-state index contributed by atoms with van der Waals surface area (Å²) in [6, 6.07) is 5.28. The van der Waals surface area contributed by atoms with Crippen LogP contribution in [0.4, 0.5) is 0 Å². The van der Waals surface area contributed by atoms with Crippen molar-refractivity contribution in [1.29, 1.82) is 0 Å². The number of carbonyl (C=O) groups excluding carboxylic acids is 1. The minimum absolute atomic E-state index is 0.0758. The Morgan fingerprint density at radius 1 is 1.21 bits per heavy atom. The second-order valence-corrected chi connectivity index (χ2v) is 6.35. The van der Waals surface area contributed by atoms with Crippen molar-refractivity contribution in [3.05, 3.63) is 50.9 Å². The second-order valence-electron chi connectivity index (χ2n) is 6.35. The van der Waals surface area contributed by atoms with E-state index in [2.05, 4.69) is 9.98 Å². The molecule has 2 aromatic heterocycles. The van der Waals surface area contributed by atoms with Crippen LogP contribution in [0.2, 0.25) is 0 Å². The first-order valence-electron chi connectivity index (χ1n) is 8.83. The number of aromatic nitrogens is 4. The van der Waals surface area contributed by atoms with Crippen LogP contribution in [0.25, 0.3) is 11.2 Å². The summed E-state index contributed by atoms with van der Waals surface area (Å²) in [5, 5.41) is 0. The Morgan fingerprint density at radius 3 is 2.66 bits per heavy atom. The van der Waals surface area contributed by atoms with Gasteiger partial charge in [0, 0.05) is 25.9 Å². The number of imidazole rings is 1. The second kappa shape index (κ2) is 8.13. The molecule has 3 rings (SSSR count). The molecular formula is C19H22N5O5+. The number of hydrogen-bond acceptors (Lipinski definition) is 5. The fourth-order valence-corrected chi connectivity index (χ4v) is 3.07. The molecule has 0 aliphatic rings. The number of nitrogens with one attached hydrogen (secondary N) is 1. The van der Waals surface area contributed by atoms with Crippen LogP contribution in [0.5, 0.6) is 11.5 Å². The molecule has 3 aromatic rings. The van der Waals surface area contributed by atoms with E-state index in [-0.39, 0.29) is 18.9 Å². The van der Waals surface area contributed by atoms with E-state index in [0.29, 0.717) is 28.2 Å². The molecule has 2 heterocycles. The fraction of sp³-hybridized carbons (Fsp3) is 0.316. The molecule has 1 N–H and O–H groups in total. The van der Waals surface area contributed by atoms with E-state index in [4.69, 9.17) is 9.47 Å². The maximum absolute atomic E-state index is 12.4. The molecule has 10 heteroatoms. The molecule has 0 bridgehead atoms. The summed E-state index contributed by atoms with van der Waals surface area (Å²) in [5.41, 5.74) is 0.477. The number of H-pyrrole nitrogens is 1. The number of benzene rings is 1. The molecule has 0 aliphatic carbocycles. The maximum atomic E-state index is 12.4. The Labute approximate surface area is 165 Å². The third-order valence-corrected chi connectivity index (χ3v) is 4.63. The SMILES string of the molecule is COc1cccc(C=NC(=O)CC[n+]2c[nH]c3c2c(=O)n(C)c(=O)n3C)c1OC. The number of rotatable bonds is 6. The number of para-hydroxylation sites is 1. The van der Waals surface area contributed by atoms with Crippen molar-refractivity contribution < 1.29 is 18.8 Å². The zero-order chi connectivity index (χ0) is 21.1. The number of aliphatic imine (C=N–C) groups is 1. The van der Waals surface area contributed by atoms with E-state index in [1.165, 1.54) is 32.0 Å². The highest BCUT2D eigenvalue weighted by Crippen LogP contribution is 2.29.